The van der Waals surface area contributed by atoms with Crippen molar-refractivity contribution in [1.82, 2.24) is 4.90 Å². The Morgan fingerprint density at radius 2 is 1.78 bits per heavy atom. The molecule has 0 aromatic carbocycles. The first-order chi connectivity index (χ1) is 8.32. The van der Waals surface area contributed by atoms with Crippen LogP contribution in [-0.2, 0) is 0 Å². The number of hydrogen-bond acceptors (Lipinski definition) is 3. The van der Waals surface area contributed by atoms with Gasteiger partial charge in [0.2, 0.25) is 0 Å². The van der Waals surface area contributed by atoms with E-state index in [9.17, 15) is 9.59 Å². The molecule has 1 N–H and O–H groups in total. The SMILES string of the molecule is CC(C)CN(C(=O)c1ccc(C(=O)O)s1)C(C)C. The molecule has 18 heavy (non-hydrogen) atoms. The number of hydrogen-bond donors (Lipinski definition) is 1. The Morgan fingerprint density at radius 3 is 2.17 bits per heavy atom. The predicted molar refractivity (Wildman–Crippen MR) is 72.3 cm³/mol. The van der Waals surface area contributed by atoms with Crippen LogP contribution >= 0.6 is 11.3 Å². The molecule has 5 heteroatoms. The maximum atomic E-state index is 12.3. The van der Waals surface area contributed by atoms with E-state index in [1.807, 2.05) is 13.8 Å². The minimum atomic E-state index is -0.987. The smallest absolute Gasteiger partial charge is 0.345 e. The first-order valence-corrected chi connectivity index (χ1v) is 6.78. The summed E-state index contributed by atoms with van der Waals surface area (Å²) in [6.45, 7) is 8.72. The summed E-state index contributed by atoms with van der Waals surface area (Å²) >= 11 is 1.03. The Hall–Kier alpha value is -1.36. The molecule has 0 atom stereocenters. The number of carbonyl (C=O) groups is 2. The number of carboxylic acid groups (broad SMARTS) is 1. The standard InChI is InChI=1S/C13H19NO3S/c1-8(2)7-14(9(3)4)12(15)10-5-6-11(18-10)13(16)17/h5-6,8-9H,7H2,1-4H3,(H,16,17). The lowest BCUT2D eigenvalue weighted by Crippen LogP contribution is -2.39. The summed E-state index contributed by atoms with van der Waals surface area (Å²) in [5, 5.41) is 8.86. The van der Waals surface area contributed by atoms with Gasteiger partial charge in [0.1, 0.15) is 4.88 Å². The van der Waals surface area contributed by atoms with Crippen molar-refractivity contribution in [3.63, 3.8) is 0 Å². The second-order valence-corrected chi connectivity index (χ2v) is 6.00. The summed E-state index contributed by atoms with van der Waals surface area (Å²) in [6.07, 6.45) is 0. The topological polar surface area (TPSA) is 57.6 Å². The zero-order valence-corrected chi connectivity index (χ0v) is 12.0. The van der Waals surface area contributed by atoms with E-state index < -0.39 is 5.97 Å². The van der Waals surface area contributed by atoms with E-state index in [-0.39, 0.29) is 16.8 Å². The third-order valence-corrected chi connectivity index (χ3v) is 3.53. The molecule has 0 saturated heterocycles. The van der Waals surface area contributed by atoms with Crippen LogP contribution in [0.3, 0.4) is 0 Å². The fourth-order valence-corrected chi connectivity index (χ4v) is 2.43. The molecule has 0 aliphatic carbocycles. The van der Waals surface area contributed by atoms with Crippen LogP contribution in [0.1, 0.15) is 47.0 Å². The highest BCUT2D eigenvalue weighted by Gasteiger charge is 2.22. The van der Waals surface area contributed by atoms with E-state index in [4.69, 9.17) is 5.11 Å². The number of aromatic carboxylic acids is 1. The number of nitrogens with zero attached hydrogens (tertiary/aromatic N) is 1. The minimum Gasteiger partial charge on any atom is -0.477 e. The maximum Gasteiger partial charge on any atom is 0.345 e. The van der Waals surface area contributed by atoms with Crippen molar-refractivity contribution < 1.29 is 14.7 Å². The number of carboxylic acids is 1. The molecule has 1 aromatic rings. The molecule has 0 unspecified atom stereocenters. The molecule has 100 valence electrons. The predicted octanol–water partition coefficient (Wildman–Crippen LogP) is 2.95. The van der Waals surface area contributed by atoms with Gasteiger partial charge in [-0.15, -0.1) is 11.3 Å². The van der Waals surface area contributed by atoms with Gasteiger partial charge in [0.05, 0.1) is 4.88 Å². The van der Waals surface area contributed by atoms with Crippen molar-refractivity contribution in [3.8, 4) is 0 Å². The molecule has 1 aromatic heterocycles. The zero-order valence-electron chi connectivity index (χ0n) is 11.1. The summed E-state index contributed by atoms with van der Waals surface area (Å²) in [4.78, 5) is 25.6. The van der Waals surface area contributed by atoms with Crippen LogP contribution in [0.25, 0.3) is 0 Å². The molecule has 0 radical (unpaired) electrons. The monoisotopic (exact) mass is 269 g/mol. The van der Waals surface area contributed by atoms with Crippen LogP contribution in [0, 0.1) is 5.92 Å². The molecule has 0 aliphatic rings. The van der Waals surface area contributed by atoms with E-state index in [2.05, 4.69) is 13.8 Å². The first kappa shape index (κ1) is 14.7. The van der Waals surface area contributed by atoms with Gasteiger partial charge in [-0.2, -0.15) is 0 Å². The lowest BCUT2D eigenvalue weighted by Gasteiger charge is -2.28. The summed E-state index contributed by atoms with van der Waals surface area (Å²) in [5.74, 6) is -0.689. The van der Waals surface area contributed by atoms with E-state index in [1.54, 1.807) is 11.0 Å². The lowest BCUT2D eigenvalue weighted by atomic mass is 10.1. The van der Waals surface area contributed by atoms with Crippen molar-refractivity contribution in [3.05, 3.63) is 21.9 Å². The molecule has 1 amide bonds. The number of amides is 1. The highest BCUT2D eigenvalue weighted by Crippen LogP contribution is 2.20. The minimum absolute atomic E-state index is 0.0869. The van der Waals surface area contributed by atoms with Crippen molar-refractivity contribution >= 4 is 23.2 Å². The van der Waals surface area contributed by atoms with Crippen molar-refractivity contribution in [2.45, 2.75) is 33.7 Å². The molecular weight excluding hydrogens is 250 g/mol. The second-order valence-electron chi connectivity index (χ2n) is 4.91. The third kappa shape index (κ3) is 3.57. The lowest BCUT2D eigenvalue weighted by molar-refractivity contribution is 0.0684. The molecule has 1 heterocycles. The fourth-order valence-electron chi connectivity index (χ4n) is 1.63. The number of carbonyl (C=O) groups excluding carboxylic acids is 1. The van der Waals surface area contributed by atoms with E-state index in [0.717, 1.165) is 11.3 Å². The Bertz CT molecular complexity index is 437. The van der Waals surface area contributed by atoms with Crippen LogP contribution in [-0.4, -0.2) is 34.5 Å². The van der Waals surface area contributed by atoms with Crippen LogP contribution in [0.5, 0.6) is 0 Å². The van der Waals surface area contributed by atoms with Gasteiger partial charge < -0.3 is 10.0 Å². The highest BCUT2D eigenvalue weighted by atomic mass is 32.1. The third-order valence-electron chi connectivity index (χ3n) is 2.47. The summed E-state index contributed by atoms with van der Waals surface area (Å²) in [6, 6.07) is 3.18. The van der Waals surface area contributed by atoms with E-state index in [1.165, 1.54) is 6.07 Å². The molecule has 0 saturated carbocycles. The average Bonchev–Trinajstić information content (AvgIpc) is 2.73. The van der Waals surface area contributed by atoms with Gasteiger partial charge in [0.15, 0.2) is 0 Å². The van der Waals surface area contributed by atoms with E-state index >= 15 is 0 Å². The summed E-state index contributed by atoms with van der Waals surface area (Å²) in [5.41, 5.74) is 0. The average molecular weight is 269 g/mol. The Kier molecular flexibility index (Phi) is 4.90. The normalized spacial score (nSPS) is 11.0. The van der Waals surface area contributed by atoms with Crippen LogP contribution in [0.2, 0.25) is 0 Å². The highest BCUT2D eigenvalue weighted by molar-refractivity contribution is 7.15. The molecule has 0 spiro atoms. The summed E-state index contributed by atoms with van der Waals surface area (Å²) < 4.78 is 0. The van der Waals surface area contributed by atoms with Crippen molar-refractivity contribution in [2.24, 2.45) is 5.92 Å². The molecule has 0 aliphatic heterocycles. The Labute approximate surface area is 111 Å². The molecular formula is C13H19NO3S. The molecule has 1 rings (SSSR count). The summed E-state index contributed by atoms with van der Waals surface area (Å²) in [7, 11) is 0. The zero-order chi connectivity index (χ0) is 13.9. The van der Waals surface area contributed by atoms with Crippen molar-refractivity contribution in [2.75, 3.05) is 6.54 Å². The van der Waals surface area contributed by atoms with E-state index in [0.29, 0.717) is 17.3 Å². The Balaban J connectivity index is 2.91. The van der Waals surface area contributed by atoms with Gasteiger partial charge in [-0.25, -0.2) is 4.79 Å². The molecule has 0 fully saturated rings. The number of thiophene rings is 1. The maximum absolute atomic E-state index is 12.3. The van der Waals surface area contributed by atoms with Crippen LogP contribution < -0.4 is 0 Å². The van der Waals surface area contributed by atoms with Crippen LogP contribution in [0.15, 0.2) is 12.1 Å². The van der Waals surface area contributed by atoms with Gasteiger partial charge in [-0.1, -0.05) is 13.8 Å². The van der Waals surface area contributed by atoms with Gasteiger partial charge in [-0.3, -0.25) is 4.79 Å². The van der Waals surface area contributed by atoms with Gasteiger partial charge in [-0.05, 0) is 31.9 Å². The Morgan fingerprint density at radius 1 is 1.22 bits per heavy atom. The van der Waals surface area contributed by atoms with Gasteiger partial charge >= 0.3 is 5.97 Å². The largest absolute Gasteiger partial charge is 0.477 e. The quantitative estimate of drug-likeness (QED) is 0.894. The van der Waals surface area contributed by atoms with Crippen molar-refractivity contribution in [1.29, 1.82) is 0 Å². The second kappa shape index (κ2) is 6.00. The number of rotatable bonds is 5. The van der Waals surface area contributed by atoms with Gasteiger partial charge in [0.25, 0.3) is 5.91 Å². The molecule has 0 bridgehead atoms. The molecule has 4 nitrogen and oxygen atoms in total. The first-order valence-electron chi connectivity index (χ1n) is 5.97. The fraction of sp³-hybridized carbons (Fsp3) is 0.538. The van der Waals surface area contributed by atoms with Gasteiger partial charge in [0, 0.05) is 12.6 Å². The van der Waals surface area contributed by atoms with Crippen LogP contribution in [0.4, 0.5) is 0 Å².